The maximum absolute atomic E-state index is 12.2. The molecule has 8 heteroatoms. The van der Waals surface area contributed by atoms with E-state index in [1.807, 2.05) is 37.3 Å². The molecule has 0 aliphatic carbocycles. The van der Waals surface area contributed by atoms with Gasteiger partial charge in [-0.3, -0.25) is 0 Å². The van der Waals surface area contributed by atoms with Crippen LogP contribution in [0.1, 0.15) is 31.7 Å². The summed E-state index contributed by atoms with van der Waals surface area (Å²) in [5, 5.41) is 20.8. The van der Waals surface area contributed by atoms with Crippen molar-refractivity contribution in [3.8, 4) is 0 Å². The van der Waals surface area contributed by atoms with Gasteiger partial charge in [0.1, 0.15) is 24.9 Å². The molecule has 2 saturated heterocycles. The fraction of sp³-hybridized carbons (Fsp3) is 0.524. The predicted molar refractivity (Wildman–Crippen MR) is 101 cm³/mol. The third-order valence-corrected chi connectivity index (χ3v) is 4.89. The molecule has 2 heterocycles. The highest BCUT2D eigenvalue weighted by Crippen LogP contribution is 2.38. The summed E-state index contributed by atoms with van der Waals surface area (Å²) in [4.78, 5) is 24.1. The first-order chi connectivity index (χ1) is 13.9. The number of carbonyl (C=O) groups is 2. The van der Waals surface area contributed by atoms with E-state index in [0.29, 0.717) is 6.42 Å². The summed E-state index contributed by atoms with van der Waals surface area (Å²) in [6, 6.07) is 9.27. The van der Waals surface area contributed by atoms with E-state index >= 15 is 0 Å². The van der Waals surface area contributed by atoms with Gasteiger partial charge in [-0.2, -0.15) is 0 Å². The molecule has 0 unspecified atom stereocenters. The Hall–Kier alpha value is -2.26. The topological polar surface area (TPSA) is 112 Å². The van der Waals surface area contributed by atoms with Crippen LogP contribution in [0, 0.1) is 0 Å². The average molecular weight is 406 g/mol. The number of rotatable bonds is 8. The maximum Gasteiger partial charge on any atom is 0.366 e. The molecule has 0 radical (unpaired) electrons. The van der Waals surface area contributed by atoms with Gasteiger partial charge in [0.2, 0.25) is 0 Å². The fourth-order valence-corrected chi connectivity index (χ4v) is 3.30. The Balaban J connectivity index is 1.54. The quantitative estimate of drug-likeness (QED) is 0.376. The highest BCUT2D eigenvalue weighted by Gasteiger charge is 2.59. The van der Waals surface area contributed by atoms with Crippen molar-refractivity contribution in [2.75, 3.05) is 13.2 Å². The van der Waals surface area contributed by atoms with Crippen LogP contribution in [0.25, 0.3) is 6.08 Å². The minimum atomic E-state index is -2.19. The van der Waals surface area contributed by atoms with E-state index < -0.39 is 42.1 Å². The zero-order valence-corrected chi connectivity index (χ0v) is 16.2. The summed E-state index contributed by atoms with van der Waals surface area (Å²) in [6.07, 6.45) is 0.484. The lowest BCUT2D eigenvalue weighted by molar-refractivity contribution is -0.272. The van der Waals surface area contributed by atoms with Gasteiger partial charge in [0.15, 0.2) is 0 Å². The number of hydrogen-bond donors (Lipinski definition) is 2. The fourth-order valence-electron chi connectivity index (χ4n) is 3.30. The summed E-state index contributed by atoms with van der Waals surface area (Å²) in [5.41, 5.74) is 0.850. The van der Waals surface area contributed by atoms with Crippen LogP contribution >= 0.6 is 0 Å². The first kappa shape index (κ1) is 21.4. The largest absolute Gasteiger partial charge is 0.462 e. The third kappa shape index (κ3) is 5.22. The lowest BCUT2D eigenvalue weighted by Gasteiger charge is -2.36. The summed E-state index contributed by atoms with van der Waals surface area (Å²) in [5.74, 6) is -3.67. The van der Waals surface area contributed by atoms with Crippen molar-refractivity contribution in [3.63, 3.8) is 0 Å². The molecule has 0 aromatic heterocycles. The molecule has 2 fully saturated rings. The molecule has 158 valence electrons. The summed E-state index contributed by atoms with van der Waals surface area (Å²) in [7, 11) is 0. The van der Waals surface area contributed by atoms with Crippen LogP contribution < -0.4 is 0 Å². The summed E-state index contributed by atoms with van der Waals surface area (Å²) < 4.78 is 21.3. The summed E-state index contributed by atoms with van der Waals surface area (Å²) in [6.45, 7) is 1.94. The minimum absolute atomic E-state index is 0.175. The van der Waals surface area contributed by atoms with Crippen molar-refractivity contribution in [1.82, 2.24) is 0 Å². The van der Waals surface area contributed by atoms with Crippen molar-refractivity contribution < 1.29 is 38.7 Å². The SMILES string of the molecule is CCCCOC(=O)[C@@]1(O)C[C@H]2O[C@H](COC(=O)C=Cc3ccccc3)[C@@H](O1)[C@H]2O. The number of ether oxygens (including phenoxy) is 4. The van der Waals surface area contributed by atoms with Gasteiger partial charge in [-0.05, 0) is 18.1 Å². The van der Waals surface area contributed by atoms with E-state index in [-0.39, 0.29) is 19.6 Å². The van der Waals surface area contributed by atoms with E-state index in [1.54, 1.807) is 6.08 Å². The molecule has 3 rings (SSSR count). The molecule has 2 aliphatic rings. The smallest absolute Gasteiger partial charge is 0.366 e. The third-order valence-electron chi connectivity index (χ3n) is 4.89. The molecule has 0 saturated carbocycles. The van der Waals surface area contributed by atoms with Gasteiger partial charge in [-0.1, -0.05) is 43.7 Å². The van der Waals surface area contributed by atoms with E-state index in [4.69, 9.17) is 18.9 Å². The van der Waals surface area contributed by atoms with Crippen LogP contribution in [-0.2, 0) is 28.5 Å². The second kappa shape index (κ2) is 9.49. The molecule has 2 aliphatic heterocycles. The van der Waals surface area contributed by atoms with Gasteiger partial charge in [0.05, 0.1) is 12.7 Å². The van der Waals surface area contributed by atoms with Crippen molar-refractivity contribution in [1.29, 1.82) is 0 Å². The van der Waals surface area contributed by atoms with Crippen LogP contribution in [-0.4, -0.2) is 65.6 Å². The predicted octanol–water partition coefficient (Wildman–Crippen LogP) is 1.19. The molecule has 0 spiro atoms. The Bertz CT molecular complexity index is 733. The molecular formula is C21H26O8. The van der Waals surface area contributed by atoms with Gasteiger partial charge in [-0.15, -0.1) is 0 Å². The molecule has 8 nitrogen and oxygen atoms in total. The zero-order valence-electron chi connectivity index (χ0n) is 16.2. The standard InChI is InChI=1S/C21H26O8/c1-2-3-11-26-20(24)21(25)12-15-18(23)19(29-21)16(28-15)13-27-17(22)10-9-14-7-5-4-6-8-14/h4-10,15-16,18-19,23,25H,2-3,11-13H2,1H3/t15-,16-,18+,19-,21-/m1/s1. The number of aliphatic hydroxyl groups excluding tert-OH is 1. The Morgan fingerprint density at radius 2 is 2.03 bits per heavy atom. The lowest BCUT2D eigenvalue weighted by atomic mass is 9.96. The van der Waals surface area contributed by atoms with Gasteiger partial charge < -0.3 is 29.2 Å². The van der Waals surface area contributed by atoms with E-state index in [0.717, 1.165) is 12.0 Å². The Labute approximate surface area is 169 Å². The number of aliphatic hydroxyl groups is 2. The van der Waals surface area contributed by atoms with Crippen LogP contribution in [0.5, 0.6) is 0 Å². The molecule has 29 heavy (non-hydrogen) atoms. The Kier molecular flexibility index (Phi) is 7.02. The highest BCUT2D eigenvalue weighted by atomic mass is 16.7. The van der Waals surface area contributed by atoms with Crippen molar-refractivity contribution in [2.45, 2.75) is 56.4 Å². The Morgan fingerprint density at radius 1 is 1.28 bits per heavy atom. The lowest BCUT2D eigenvalue weighted by Crippen LogP contribution is -2.56. The van der Waals surface area contributed by atoms with E-state index in [2.05, 4.69) is 0 Å². The van der Waals surface area contributed by atoms with Crippen molar-refractivity contribution in [2.24, 2.45) is 0 Å². The number of benzene rings is 1. The Morgan fingerprint density at radius 3 is 2.76 bits per heavy atom. The van der Waals surface area contributed by atoms with Crippen LogP contribution in [0.15, 0.2) is 36.4 Å². The number of fused-ring (bicyclic) bond motifs is 2. The van der Waals surface area contributed by atoms with Crippen molar-refractivity contribution in [3.05, 3.63) is 42.0 Å². The number of carbonyl (C=O) groups excluding carboxylic acids is 2. The molecule has 2 N–H and O–H groups in total. The normalized spacial score (nSPS) is 31.0. The molecule has 1 aromatic rings. The highest BCUT2D eigenvalue weighted by molar-refractivity contribution is 5.87. The first-order valence-corrected chi connectivity index (χ1v) is 9.74. The second-order valence-electron chi connectivity index (χ2n) is 7.14. The minimum Gasteiger partial charge on any atom is -0.462 e. The average Bonchev–Trinajstić information content (AvgIpc) is 2.90. The van der Waals surface area contributed by atoms with E-state index in [1.165, 1.54) is 6.08 Å². The number of esters is 2. The number of unbranched alkanes of at least 4 members (excludes halogenated alkanes) is 1. The van der Waals surface area contributed by atoms with Gasteiger partial charge >= 0.3 is 11.9 Å². The van der Waals surface area contributed by atoms with Gasteiger partial charge in [-0.25, -0.2) is 9.59 Å². The maximum atomic E-state index is 12.2. The monoisotopic (exact) mass is 406 g/mol. The van der Waals surface area contributed by atoms with Crippen LogP contribution in [0.2, 0.25) is 0 Å². The molecule has 5 atom stereocenters. The summed E-state index contributed by atoms with van der Waals surface area (Å²) >= 11 is 0. The number of hydrogen-bond acceptors (Lipinski definition) is 8. The molecule has 1 aromatic carbocycles. The zero-order chi connectivity index (χ0) is 20.9. The van der Waals surface area contributed by atoms with Gasteiger partial charge in [0.25, 0.3) is 5.79 Å². The molecule has 0 amide bonds. The molecular weight excluding hydrogens is 380 g/mol. The van der Waals surface area contributed by atoms with Gasteiger partial charge in [0, 0.05) is 12.5 Å². The first-order valence-electron chi connectivity index (χ1n) is 9.74. The van der Waals surface area contributed by atoms with E-state index in [9.17, 15) is 19.8 Å². The van der Waals surface area contributed by atoms with Crippen LogP contribution in [0.4, 0.5) is 0 Å². The molecule has 2 bridgehead atoms. The van der Waals surface area contributed by atoms with Crippen molar-refractivity contribution >= 4 is 18.0 Å². The van der Waals surface area contributed by atoms with Crippen LogP contribution in [0.3, 0.4) is 0 Å². The second-order valence-corrected chi connectivity index (χ2v) is 7.14.